The minimum absolute atomic E-state index is 0.296. The van der Waals surface area contributed by atoms with Crippen molar-refractivity contribution < 1.29 is 9.26 Å². The number of aryl methyl sites for hydroxylation is 2. The Kier molecular flexibility index (Phi) is 3.81. The first-order valence-corrected chi connectivity index (χ1v) is 7.52. The summed E-state index contributed by atoms with van der Waals surface area (Å²) in [5.74, 6) is 1.85. The molecule has 2 aromatic rings. The molecule has 3 rings (SSSR count). The number of fused-ring (bicyclic) bond motifs is 1. The van der Waals surface area contributed by atoms with Gasteiger partial charge in [-0.1, -0.05) is 21.1 Å². The summed E-state index contributed by atoms with van der Waals surface area (Å²) in [6, 6.07) is 6.45. The van der Waals surface area contributed by atoms with Crippen molar-refractivity contribution in [2.45, 2.75) is 32.9 Å². The van der Waals surface area contributed by atoms with E-state index in [1.54, 1.807) is 0 Å². The minimum atomic E-state index is 0.296. The topological polar surface area (TPSA) is 47.3 Å². The van der Waals surface area contributed by atoms with Gasteiger partial charge in [0.05, 0.1) is 12.3 Å². The van der Waals surface area contributed by atoms with Crippen LogP contribution >= 0.6 is 15.9 Å². The van der Waals surface area contributed by atoms with Gasteiger partial charge in [-0.05, 0) is 32.0 Å². The summed E-state index contributed by atoms with van der Waals surface area (Å²) in [6.07, 6.45) is 0.965. The highest BCUT2D eigenvalue weighted by atomic mass is 79.9. The van der Waals surface area contributed by atoms with Crippen molar-refractivity contribution in [3.8, 4) is 5.75 Å². The zero-order valence-corrected chi connectivity index (χ0v) is 13.2. The van der Waals surface area contributed by atoms with Crippen LogP contribution in [0.1, 0.15) is 35.0 Å². The van der Waals surface area contributed by atoms with Crippen molar-refractivity contribution in [2.75, 3.05) is 6.61 Å². The second kappa shape index (κ2) is 5.58. The molecule has 0 saturated heterocycles. The summed E-state index contributed by atoms with van der Waals surface area (Å²) < 4.78 is 12.0. The molecule has 20 heavy (non-hydrogen) atoms. The van der Waals surface area contributed by atoms with Crippen LogP contribution in [0.25, 0.3) is 0 Å². The monoisotopic (exact) mass is 336 g/mol. The van der Waals surface area contributed by atoms with Gasteiger partial charge < -0.3 is 14.6 Å². The Balaban J connectivity index is 1.78. The Bertz CT molecular complexity index is 605. The minimum Gasteiger partial charge on any atom is -0.493 e. The van der Waals surface area contributed by atoms with Crippen LogP contribution < -0.4 is 10.1 Å². The van der Waals surface area contributed by atoms with Gasteiger partial charge in [-0.3, -0.25) is 0 Å². The fourth-order valence-electron chi connectivity index (χ4n) is 2.56. The molecule has 1 N–H and O–H groups in total. The molecular formula is C15H17BrN2O2. The molecule has 0 aliphatic carbocycles. The van der Waals surface area contributed by atoms with Crippen LogP contribution in [0.2, 0.25) is 0 Å². The van der Waals surface area contributed by atoms with Gasteiger partial charge in [-0.15, -0.1) is 0 Å². The lowest BCUT2D eigenvalue weighted by Crippen LogP contribution is -2.27. The molecule has 2 heterocycles. The Morgan fingerprint density at radius 1 is 1.40 bits per heavy atom. The van der Waals surface area contributed by atoms with Crippen LogP contribution in [-0.4, -0.2) is 11.8 Å². The van der Waals surface area contributed by atoms with Crippen molar-refractivity contribution in [1.82, 2.24) is 10.5 Å². The van der Waals surface area contributed by atoms with E-state index >= 15 is 0 Å². The molecule has 1 aromatic carbocycles. The Morgan fingerprint density at radius 3 is 3.00 bits per heavy atom. The maximum absolute atomic E-state index is 5.70. The molecule has 0 bridgehead atoms. The second-order valence-electron chi connectivity index (χ2n) is 5.06. The number of aromatic nitrogens is 1. The SMILES string of the molecule is Cc1noc(C)c1CNC1CCOc2ccc(Br)cc21. The summed E-state index contributed by atoms with van der Waals surface area (Å²) in [5.41, 5.74) is 3.31. The third-order valence-corrected chi connectivity index (χ3v) is 4.21. The lowest BCUT2D eigenvalue weighted by Gasteiger charge is -2.27. The molecule has 1 atom stereocenters. The summed E-state index contributed by atoms with van der Waals surface area (Å²) in [4.78, 5) is 0. The predicted octanol–water partition coefficient (Wildman–Crippen LogP) is 3.67. The predicted molar refractivity (Wildman–Crippen MR) is 79.8 cm³/mol. The molecule has 0 spiro atoms. The zero-order chi connectivity index (χ0) is 14.1. The van der Waals surface area contributed by atoms with Gasteiger partial charge in [0.2, 0.25) is 0 Å². The van der Waals surface area contributed by atoms with Gasteiger partial charge in [-0.2, -0.15) is 0 Å². The van der Waals surface area contributed by atoms with Gasteiger partial charge in [0.15, 0.2) is 0 Å². The van der Waals surface area contributed by atoms with E-state index in [0.29, 0.717) is 6.04 Å². The average molecular weight is 337 g/mol. The third kappa shape index (κ3) is 2.60. The first-order valence-electron chi connectivity index (χ1n) is 6.72. The Hall–Kier alpha value is -1.33. The smallest absolute Gasteiger partial charge is 0.138 e. The molecular weight excluding hydrogens is 320 g/mol. The van der Waals surface area contributed by atoms with E-state index in [9.17, 15) is 0 Å². The van der Waals surface area contributed by atoms with E-state index in [0.717, 1.165) is 46.8 Å². The molecule has 0 saturated carbocycles. The van der Waals surface area contributed by atoms with Crippen molar-refractivity contribution in [3.05, 3.63) is 45.3 Å². The van der Waals surface area contributed by atoms with E-state index in [1.807, 2.05) is 26.0 Å². The summed E-state index contributed by atoms with van der Waals surface area (Å²) in [7, 11) is 0. The molecule has 0 radical (unpaired) electrons. The van der Waals surface area contributed by atoms with Crippen LogP contribution in [0.15, 0.2) is 27.2 Å². The Morgan fingerprint density at radius 2 is 2.25 bits per heavy atom. The van der Waals surface area contributed by atoms with Crippen molar-refractivity contribution in [3.63, 3.8) is 0 Å². The van der Waals surface area contributed by atoms with Gasteiger partial charge in [0.1, 0.15) is 11.5 Å². The molecule has 0 fully saturated rings. The fraction of sp³-hybridized carbons (Fsp3) is 0.400. The van der Waals surface area contributed by atoms with Crippen LogP contribution in [0, 0.1) is 13.8 Å². The summed E-state index contributed by atoms with van der Waals surface area (Å²) in [5, 5.41) is 7.58. The molecule has 5 heteroatoms. The molecule has 106 valence electrons. The number of nitrogens with zero attached hydrogens (tertiary/aromatic N) is 1. The van der Waals surface area contributed by atoms with Gasteiger partial charge >= 0.3 is 0 Å². The normalized spacial score (nSPS) is 17.6. The highest BCUT2D eigenvalue weighted by molar-refractivity contribution is 9.10. The van der Waals surface area contributed by atoms with Crippen LogP contribution in [0.5, 0.6) is 5.75 Å². The third-order valence-electron chi connectivity index (χ3n) is 3.72. The Labute approximate surface area is 126 Å². The first-order chi connectivity index (χ1) is 9.65. The molecule has 1 aromatic heterocycles. The van der Waals surface area contributed by atoms with Crippen LogP contribution in [0.4, 0.5) is 0 Å². The number of halogens is 1. The van der Waals surface area contributed by atoms with E-state index in [1.165, 1.54) is 5.56 Å². The van der Waals surface area contributed by atoms with E-state index < -0.39 is 0 Å². The van der Waals surface area contributed by atoms with E-state index in [4.69, 9.17) is 9.26 Å². The summed E-state index contributed by atoms with van der Waals surface area (Å²) in [6.45, 7) is 5.43. The van der Waals surface area contributed by atoms with Crippen molar-refractivity contribution >= 4 is 15.9 Å². The van der Waals surface area contributed by atoms with Crippen molar-refractivity contribution in [1.29, 1.82) is 0 Å². The molecule has 1 aliphatic rings. The number of rotatable bonds is 3. The molecule has 4 nitrogen and oxygen atoms in total. The van der Waals surface area contributed by atoms with E-state index in [-0.39, 0.29) is 0 Å². The summed E-state index contributed by atoms with van der Waals surface area (Å²) >= 11 is 3.52. The first kappa shape index (κ1) is 13.6. The highest BCUT2D eigenvalue weighted by Gasteiger charge is 2.22. The molecule has 0 amide bonds. The maximum atomic E-state index is 5.70. The number of nitrogens with one attached hydrogen (secondary N) is 1. The lowest BCUT2D eigenvalue weighted by molar-refractivity contribution is 0.252. The number of hydrogen-bond donors (Lipinski definition) is 1. The molecule has 1 aliphatic heterocycles. The van der Waals surface area contributed by atoms with E-state index in [2.05, 4.69) is 32.5 Å². The van der Waals surface area contributed by atoms with Crippen LogP contribution in [-0.2, 0) is 6.54 Å². The zero-order valence-electron chi connectivity index (χ0n) is 11.6. The van der Waals surface area contributed by atoms with Gasteiger partial charge in [-0.25, -0.2) is 0 Å². The van der Waals surface area contributed by atoms with Crippen LogP contribution in [0.3, 0.4) is 0 Å². The number of benzene rings is 1. The number of hydrogen-bond acceptors (Lipinski definition) is 4. The van der Waals surface area contributed by atoms with Gasteiger partial charge in [0.25, 0.3) is 0 Å². The van der Waals surface area contributed by atoms with Gasteiger partial charge in [0, 0.05) is 34.6 Å². The maximum Gasteiger partial charge on any atom is 0.138 e. The highest BCUT2D eigenvalue weighted by Crippen LogP contribution is 2.34. The number of ether oxygens (including phenoxy) is 1. The quantitative estimate of drug-likeness (QED) is 0.928. The molecule has 1 unspecified atom stereocenters. The average Bonchev–Trinajstić information content (AvgIpc) is 2.76. The van der Waals surface area contributed by atoms with Crippen molar-refractivity contribution in [2.24, 2.45) is 0 Å². The second-order valence-corrected chi connectivity index (χ2v) is 5.97. The fourth-order valence-corrected chi connectivity index (χ4v) is 2.94. The lowest BCUT2D eigenvalue weighted by atomic mass is 10.00. The standard InChI is InChI=1S/C15H17BrN2O2/c1-9-13(10(2)20-18-9)8-17-14-5-6-19-15-4-3-11(16)7-12(14)15/h3-4,7,14,17H,5-6,8H2,1-2H3. The largest absolute Gasteiger partial charge is 0.493 e.